The van der Waals surface area contributed by atoms with Crippen molar-refractivity contribution in [3.63, 3.8) is 0 Å². The van der Waals surface area contributed by atoms with Crippen LogP contribution in [0.15, 0.2) is 24.8 Å². The number of allylic oxidation sites excluding steroid dienone is 3. The molecule has 0 bridgehead atoms. The molecule has 0 aromatic carbocycles. The van der Waals surface area contributed by atoms with Crippen LogP contribution in [0.5, 0.6) is 0 Å². The SMILES string of the molecule is C=C/C=C\C1CCC1.CC. The van der Waals surface area contributed by atoms with E-state index in [-0.39, 0.29) is 0 Å². The van der Waals surface area contributed by atoms with Crippen LogP contribution in [0.2, 0.25) is 0 Å². The molecule has 0 nitrogen and oxygen atoms in total. The van der Waals surface area contributed by atoms with Crippen LogP contribution >= 0.6 is 0 Å². The molecule has 0 aromatic rings. The Labute approximate surface area is 64.6 Å². The molecule has 0 aromatic heterocycles. The maximum absolute atomic E-state index is 3.60. The summed E-state index contributed by atoms with van der Waals surface area (Å²) in [4.78, 5) is 0. The van der Waals surface area contributed by atoms with Gasteiger partial charge in [0.25, 0.3) is 0 Å². The quantitative estimate of drug-likeness (QED) is 0.512. The minimum absolute atomic E-state index is 0.882. The van der Waals surface area contributed by atoms with Crippen LogP contribution in [0.1, 0.15) is 33.1 Å². The molecule has 0 heteroatoms. The number of hydrogen-bond acceptors (Lipinski definition) is 0. The van der Waals surface area contributed by atoms with E-state index in [0.717, 1.165) is 5.92 Å². The largest absolute Gasteiger partial charge is 0.0991 e. The van der Waals surface area contributed by atoms with Crippen molar-refractivity contribution in [1.29, 1.82) is 0 Å². The van der Waals surface area contributed by atoms with Gasteiger partial charge in [0.1, 0.15) is 0 Å². The molecule has 0 amide bonds. The average Bonchev–Trinajstić information content (AvgIpc) is 1.90. The number of rotatable bonds is 2. The van der Waals surface area contributed by atoms with Crippen molar-refractivity contribution in [1.82, 2.24) is 0 Å². The molecular formula is C10H18. The van der Waals surface area contributed by atoms with E-state index in [1.165, 1.54) is 19.3 Å². The standard InChI is InChI=1S/C8H12.C2H6/c1-2-3-5-8-6-4-7-8;1-2/h2-3,5,8H,1,4,6-7H2;1-2H3/b5-3-;. The fourth-order valence-electron chi connectivity index (χ4n) is 0.868. The zero-order chi connectivity index (χ0) is 7.82. The van der Waals surface area contributed by atoms with E-state index in [1.807, 2.05) is 26.0 Å². The second-order valence-corrected chi connectivity index (χ2v) is 2.31. The van der Waals surface area contributed by atoms with Crippen LogP contribution in [0.25, 0.3) is 0 Å². The average molecular weight is 138 g/mol. The summed E-state index contributed by atoms with van der Waals surface area (Å²) in [5.41, 5.74) is 0. The summed E-state index contributed by atoms with van der Waals surface area (Å²) in [5.74, 6) is 0.882. The summed E-state index contributed by atoms with van der Waals surface area (Å²) in [6.07, 6.45) is 10.3. The summed E-state index contributed by atoms with van der Waals surface area (Å²) in [6.45, 7) is 7.60. The highest BCUT2D eigenvalue weighted by Crippen LogP contribution is 2.26. The van der Waals surface area contributed by atoms with Gasteiger partial charge in [-0.1, -0.05) is 45.1 Å². The van der Waals surface area contributed by atoms with Crippen molar-refractivity contribution in [2.45, 2.75) is 33.1 Å². The molecule has 0 unspecified atom stereocenters. The van der Waals surface area contributed by atoms with Crippen LogP contribution in [-0.2, 0) is 0 Å². The summed E-state index contributed by atoms with van der Waals surface area (Å²) in [5, 5.41) is 0. The van der Waals surface area contributed by atoms with Gasteiger partial charge in [0.2, 0.25) is 0 Å². The molecule has 10 heavy (non-hydrogen) atoms. The first kappa shape index (κ1) is 9.48. The van der Waals surface area contributed by atoms with Crippen molar-refractivity contribution in [2.24, 2.45) is 5.92 Å². The molecule has 0 spiro atoms. The maximum Gasteiger partial charge on any atom is -0.0230 e. The lowest BCUT2D eigenvalue weighted by Gasteiger charge is -2.20. The first-order valence-corrected chi connectivity index (χ1v) is 4.22. The van der Waals surface area contributed by atoms with Crippen LogP contribution in [0.4, 0.5) is 0 Å². The van der Waals surface area contributed by atoms with Crippen LogP contribution in [-0.4, -0.2) is 0 Å². The van der Waals surface area contributed by atoms with E-state index in [0.29, 0.717) is 0 Å². The third-order valence-electron chi connectivity index (χ3n) is 1.67. The van der Waals surface area contributed by atoms with Gasteiger partial charge in [-0.25, -0.2) is 0 Å². The summed E-state index contributed by atoms with van der Waals surface area (Å²) < 4.78 is 0. The predicted octanol–water partition coefficient (Wildman–Crippen LogP) is 3.55. The van der Waals surface area contributed by atoms with Crippen molar-refractivity contribution in [2.75, 3.05) is 0 Å². The summed E-state index contributed by atoms with van der Waals surface area (Å²) in [7, 11) is 0. The predicted molar refractivity (Wildman–Crippen MR) is 48.0 cm³/mol. The van der Waals surface area contributed by atoms with Gasteiger partial charge >= 0.3 is 0 Å². The lowest BCUT2D eigenvalue weighted by atomic mass is 9.85. The van der Waals surface area contributed by atoms with Crippen molar-refractivity contribution < 1.29 is 0 Å². The highest BCUT2D eigenvalue weighted by molar-refractivity contribution is 5.01. The first-order chi connectivity index (χ1) is 4.93. The Balaban J connectivity index is 0.000000371. The van der Waals surface area contributed by atoms with Gasteiger partial charge in [-0.15, -0.1) is 0 Å². The summed E-state index contributed by atoms with van der Waals surface area (Å²) >= 11 is 0. The monoisotopic (exact) mass is 138 g/mol. The normalized spacial score (nSPS) is 17.4. The molecule has 1 aliphatic carbocycles. The Morgan fingerprint density at radius 2 is 1.90 bits per heavy atom. The van der Waals surface area contributed by atoms with Crippen LogP contribution in [0, 0.1) is 5.92 Å². The van der Waals surface area contributed by atoms with Gasteiger partial charge in [-0.05, 0) is 18.8 Å². The Bertz CT molecular complexity index is 96.6. The molecule has 1 rings (SSSR count). The molecule has 0 atom stereocenters. The fraction of sp³-hybridized carbons (Fsp3) is 0.600. The Kier molecular flexibility index (Phi) is 6.25. The molecule has 0 radical (unpaired) electrons. The zero-order valence-corrected chi connectivity index (χ0v) is 7.14. The van der Waals surface area contributed by atoms with Crippen LogP contribution in [0.3, 0.4) is 0 Å². The molecule has 0 N–H and O–H groups in total. The molecule has 0 heterocycles. The zero-order valence-electron chi connectivity index (χ0n) is 7.14. The van der Waals surface area contributed by atoms with Crippen molar-refractivity contribution in [3.05, 3.63) is 24.8 Å². The van der Waals surface area contributed by atoms with Crippen molar-refractivity contribution in [3.8, 4) is 0 Å². The smallest absolute Gasteiger partial charge is 0.0230 e. The van der Waals surface area contributed by atoms with E-state index in [4.69, 9.17) is 0 Å². The molecule has 0 saturated heterocycles. The topological polar surface area (TPSA) is 0 Å². The van der Waals surface area contributed by atoms with E-state index in [1.54, 1.807) is 0 Å². The van der Waals surface area contributed by atoms with Crippen molar-refractivity contribution >= 4 is 0 Å². The molecule has 1 saturated carbocycles. The Morgan fingerprint density at radius 3 is 2.20 bits per heavy atom. The summed E-state index contributed by atoms with van der Waals surface area (Å²) in [6, 6.07) is 0. The molecular weight excluding hydrogens is 120 g/mol. The van der Waals surface area contributed by atoms with Gasteiger partial charge in [0, 0.05) is 0 Å². The van der Waals surface area contributed by atoms with Gasteiger partial charge < -0.3 is 0 Å². The van der Waals surface area contributed by atoms with Gasteiger partial charge in [-0.2, -0.15) is 0 Å². The lowest BCUT2D eigenvalue weighted by molar-refractivity contribution is 0.388. The second-order valence-electron chi connectivity index (χ2n) is 2.31. The van der Waals surface area contributed by atoms with E-state index in [9.17, 15) is 0 Å². The first-order valence-electron chi connectivity index (χ1n) is 4.22. The lowest BCUT2D eigenvalue weighted by Crippen LogP contribution is -2.06. The second kappa shape index (κ2) is 6.60. The van der Waals surface area contributed by atoms with Crippen LogP contribution < -0.4 is 0 Å². The third kappa shape index (κ3) is 3.49. The molecule has 1 fully saturated rings. The minimum atomic E-state index is 0.882. The highest BCUT2D eigenvalue weighted by Gasteiger charge is 2.12. The van der Waals surface area contributed by atoms with Gasteiger partial charge in [0.05, 0.1) is 0 Å². The van der Waals surface area contributed by atoms with Gasteiger partial charge in [-0.3, -0.25) is 0 Å². The molecule has 58 valence electrons. The minimum Gasteiger partial charge on any atom is -0.0991 e. The molecule has 1 aliphatic rings. The van der Waals surface area contributed by atoms with E-state index in [2.05, 4.69) is 12.7 Å². The highest BCUT2D eigenvalue weighted by atomic mass is 14.2. The number of hydrogen-bond donors (Lipinski definition) is 0. The fourth-order valence-corrected chi connectivity index (χ4v) is 0.868. The van der Waals surface area contributed by atoms with Gasteiger partial charge in [0.15, 0.2) is 0 Å². The van der Waals surface area contributed by atoms with E-state index >= 15 is 0 Å². The van der Waals surface area contributed by atoms with E-state index < -0.39 is 0 Å². The maximum atomic E-state index is 3.60. The Morgan fingerprint density at radius 1 is 1.30 bits per heavy atom. The Hall–Kier alpha value is -0.520. The molecule has 0 aliphatic heterocycles. The third-order valence-corrected chi connectivity index (χ3v) is 1.67.